The lowest BCUT2D eigenvalue weighted by atomic mass is 9.97. The van der Waals surface area contributed by atoms with Crippen LogP contribution in [0.5, 0.6) is 0 Å². The maximum Gasteiger partial charge on any atom is 0.206 e. The van der Waals surface area contributed by atoms with E-state index in [2.05, 4.69) is 28.7 Å². The van der Waals surface area contributed by atoms with E-state index in [1.165, 1.54) is 0 Å². The Labute approximate surface area is 149 Å². The zero-order valence-electron chi connectivity index (χ0n) is 11.9. The van der Waals surface area contributed by atoms with Gasteiger partial charge in [-0.3, -0.25) is 0 Å². The summed E-state index contributed by atoms with van der Waals surface area (Å²) in [5, 5.41) is 0.575. The zero-order chi connectivity index (χ0) is 15.9. The molecule has 0 bridgehead atoms. The van der Waals surface area contributed by atoms with Crippen molar-refractivity contribution in [3.05, 3.63) is 67.8 Å². The third-order valence-corrected chi connectivity index (χ3v) is 6.74. The second-order valence-corrected chi connectivity index (χ2v) is 8.89. The van der Waals surface area contributed by atoms with Crippen molar-refractivity contribution >= 4 is 48.9 Å². The number of fused-ring (bicyclic) bond motifs is 1. The van der Waals surface area contributed by atoms with Gasteiger partial charge in [0.15, 0.2) is 0 Å². The van der Waals surface area contributed by atoms with Gasteiger partial charge in [-0.2, -0.15) is 0 Å². The van der Waals surface area contributed by atoms with E-state index >= 15 is 0 Å². The first-order valence-electron chi connectivity index (χ1n) is 6.90. The highest BCUT2D eigenvalue weighted by Gasteiger charge is 2.26. The Morgan fingerprint density at radius 1 is 1.14 bits per heavy atom. The lowest BCUT2D eigenvalue weighted by Crippen LogP contribution is -2.10. The van der Waals surface area contributed by atoms with Crippen LogP contribution in [0.15, 0.2) is 47.4 Å². The van der Waals surface area contributed by atoms with E-state index in [0.29, 0.717) is 14.8 Å². The van der Waals surface area contributed by atoms with E-state index in [4.69, 9.17) is 11.6 Å². The molecular formula is C17H14ClIO2S. The molecular weight excluding hydrogens is 431 g/mol. The number of hydrogen-bond acceptors (Lipinski definition) is 2. The minimum absolute atomic E-state index is 0.298. The third kappa shape index (κ3) is 2.84. The van der Waals surface area contributed by atoms with Crippen molar-refractivity contribution in [1.82, 2.24) is 0 Å². The molecule has 0 fully saturated rings. The van der Waals surface area contributed by atoms with Crippen LogP contribution in [0.4, 0.5) is 0 Å². The van der Waals surface area contributed by atoms with Gasteiger partial charge in [0.05, 0.1) is 9.80 Å². The highest BCUT2D eigenvalue weighted by Crippen LogP contribution is 2.35. The molecule has 0 N–H and O–H groups in total. The summed E-state index contributed by atoms with van der Waals surface area (Å²) in [4.78, 5) is 0.707. The number of rotatable bonds is 2. The molecule has 0 saturated heterocycles. The lowest BCUT2D eigenvalue weighted by molar-refractivity contribution is 0.605. The topological polar surface area (TPSA) is 34.1 Å². The second-order valence-electron chi connectivity index (χ2n) is 5.32. The lowest BCUT2D eigenvalue weighted by Gasteiger charge is -2.18. The molecule has 1 aliphatic rings. The average molecular weight is 445 g/mol. The van der Waals surface area contributed by atoms with Crippen LogP contribution in [0.1, 0.15) is 23.1 Å². The number of hydrogen-bond donors (Lipinski definition) is 0. The normalized spacial score (nSPS) is 14.4. The van der Waals surface area contributed by atoms with E-state index in [1.54, 1.807) is 18.2 Å². The fourth-order valence-electron chi connectivity index (χ4n) is 2.64. The Morgan fingerprint density at radius 2 is 1.91 bits per heavy atom. The van der Waals surface area contributed by atoms with Crippen LogP contribution >= 0.6 is 34.2 Å². The van der Waals surface area contributed by atoms with E-state index in [-0.39, 0.29) is 0 Å². The van der Waals surface area contributed by atoms with Crippen molar-refractivity contribution in [2.75, 3.05) is 0 Å². The molecule has 1 aliphatic carbocycles. The first-order chi connectivity index (χ1) is 10.4. The van der Waals surface area contributed by atoms with Gasteiger partial charge < -0.3 is 0 Å². The highest BCUT2D eigenvalue weighted by molar-refractivity contribution is 14.1. The minimum Gasteiger partial charge on any atom is -0.219 e. The summed E-state index contributed by atoms with van der Waals surface area (Å²) in [5.41, 5.74) is 2.68. The minimum atomic E-state index is -3.53. The van der Waals surface area contributed by atoms with Crippen molar-refractivity contribution in [3.63, 3.8) is 0 Å². The van der Waals surface area contributed by atoms with Gasteiger partial charge in [-0.1, -0.05) is 23.7 Å². The van der Waals surface area contributed by atoms with Crippen LogP contribution < -0.4 is 0 Å². The molecule has 3 rings (SSSR count). The molecule has 0 heterocycles. The summed E-state index contributed by atoms with van der Waals surface area (Å²) in [6.45, 7) is 1.81. The number of benzene rings is 2. The molecule has 0 spiro atoms. The SMILES string of the molecule is Cc1cc(S(=O)(=O)C2=CCCc3cc(I)ccc32)ccc1Cl. The van der Waals surface area contributed by atoms with Crippen molar-refractivity contribution in [2.24, 2.45) is 0 Å². The van der Waals surface area contributed by atoms with Crippen molar-refractivity contribution < 1.29 is 8.42 Å². The molecule has 0 radical (unpaired) electrons. The maximum atomic E-state index is 13.0. The smallest absolute Gasteiger partial charge is 0.206 e. The third-order valence-electron chi connectivity index (χ3n) is 3.81. The Kier molecular flexibility index (Phi) is 4.36. The van der Waals surface area contributed by atoms with Crippen molar-refractivity contribution in [3.8, 4) is 0 Å². The second kappa shape index (κ2) is 5.98. The number of sulfone groups is 1. The van der Waals surface area contributed by atoms with Gasteiger partial charge in [0.1, 0.15) is 0 Å². The van der Waals surface area contributed by atoms with Crippen LogP contribution in [-0.2, 0) is 16.3 Å². The Hall–Kier alpha value is -0.850. The van der Waals surface area contributed by atoms with Crippen LogP contribution in [0.25, 0.3) is 4.91 Å². The Bertz CT molecular complexity index is 886. The largest absolute Gasteiger partial charge is 0.219 e. The predicted octanol–water partition coefficient (Wildman–Crippen LogP) is 5.01. The van der Waals surface area contributed by atoms with E-state index in [1.807, 2.05) is 25.1 Å². The van der Waals surface area contributed by atoms with Gasteiger partial charge in [0.2, 0.25) is 9.84 Å². The van der Waals surface area contributed by atoms with Crippen LogP contribution in [0, 0.1) is 10.5 Å². The molecule has 0 saturated carbocycles. The average Bonchev–Trinajstić information content (AvgIpc) is 2.49. The molecule has 114 valence electrons. The fraction of sp³-hybridized carbons (Fsp3) is 0.176. The molecule has 22 heavy (non-hydrogen) atoms. The van der Waals surface area contributed by atoms with Gasteiger partial charge in [-0.05, 0) is 89.4 Å². The zero-order valence-corrected chi connectivity index (χ0v) is 15.7. The Morgan fingerprint density at radius 3 is 2.64 bits per heavy atom. The van der Waals surface area contributed by atoms with Gasteiger partial charge in [-0.15, -0.1) is 0 Å². The summed E-state index contributed by atoms with van der Waals surface area (Å²) >= 11 is 8.25. The first-order valence-corrected chi connectivity index (χ1v) is 9.84. The molecule has 0 atom stereocenters. The summed E-state index contributed by atoms with van der Waals surface area (Å²) in [7, 11) is -3.53. The molecule has 2 aromatic rings. The molecule has 2 nitrogen and oxygen atoms in total. The highest BCUT2D eigenvalue weighted by atomic mass is 127. The van der Waals surface area contributed by atoms with Crippen LogP contribution in [0.2, 0.25) is 5.02 Å². The number of halogens is 2. The molecule has 0 unspecified atom stereocenters. The Balaban J connectivity index is 2.14. The summed E-state index contributed by atoms with van der Waals surface area (Å²) < 4.78 is 27.1. The van der Waals surface area contributed by atoms with Crippen molar-refractivity contribution in [1.29, 1.82) is 0 Å². The van der Waals surface area contributed by atoms with Crippen molar-refractivity contribution in [2.45, 2.75) is 24.7 Å². The first kappa shape index (κ1) is 16.0. The molecule has 0 aromatic heterocycles. The number of allylic oxidation sites excluding steroid dienone is 1. The molecule has 5 heteroatoms. The molecule has 0 amide bonds. The maximum absolute atomic E-state index is 13.0. The standard InChI is InChI=1S/C17H14ClIO2S/c1-11-9-14(6-8-16(11)18)22(20,21)17-4-2-3-12-10-13(19)5-7-15(12)17/h4-10H,2-3H2,1H3. The quantitative estimate of drug-likeness (QED) is 0.610. The summed E-state index contributed by atoms with van der Waals surface area (Å²) in [5.74, 6) is 0. The van der Waals surface area contributed by atoms with E-state index < -0.39 is 9.84 Å². The van der Waals surface area contributed by atoms with Crippen LogP contribution in [-0.4, -0.2) is 8.42 Å². The van der Waals surface area contributed by atoms with Gasteiger partial charge >= 0.3 is 0 Å². The predicted molar refractivity (Wildman–Crippen MR) is 98.8 cm³/mol. The summed E-state index contributed by atoms with van der Waals surface area (Å²) in [6, 6.07) is 10.8. The van der Waals surface area contributed by atoms with E-state index in [9.17, 15) is 8.42 Å². The molecule has 2 aromatic carbocycles. The fourth-order valence-corrected chi connectivity index (χ4v) is 4.98. The van der Waals surface area contributed by atoms with Gasteiger partial charge in [-0.25, -0.2) is 8.42 Å². The van der Waals surface area contributed by atoms with E-state index in [0.717, 1.165) is 33.1 Å². The number of aryl methyl sites for hydroxylation is 2. The van der Waals surface area contributed by atoms with Gasteiger partial charge in [0.25, 0.3) is 0 Å². The monoisotopic (exact) mass is 444 g/mol. The van der Waals surface area contributed by atoms with Crippen LogP contribution in [0.3, 0.4) is 0 Å². The molecule has 0 aliphatic heterocycles. The summed E-state index contributed by atoms with van der Waals surface area (Å²) in [6.07, 6.45) is 3.45. The van der Waals surface area contributed by atoms with Gasteiger partial charge in [0, 0.05) is 8.59 Å².